The smallest absolute Gasteiger partial charge is 0.310 e. The van der Waals surface area contributed by atoms with Crippen LogP contribution in [-0.4, -0.2) is 47.2 Å². The van der Waals surface area contributed by atoms with E-state index in [2.05, 4.69) is 5.32 Å². The van der Waals surface area contributed by atoms with Crippen LogP contribution >= 0.6 is 0 Å². The van der Waals surface area contributed by atoms with Crippen molar-refractivity contribution in [2.45, 2.75) is 19.4 Å². The van der Waals surface area contributed by atoms with Crippen molar-refractivity contribution in [1.82, 2.24) is 0 Å². The zero-order valence-electron chi connectivity index (χ0n) is 10.8. The molecule has 1 aromatic carbocycles. The molecule has 0 saturated carbocycles. The van der Waals surface area contributed by atoms with Crippen LogP contribution in [0.25, 0.3) is 0 Å². The molecule has 1 rings (SSSR count). The molecule has 4 N–H and O–H groups in total. The van der Waals surface area contributed by atoms with E-state index in [-0.39, 0.29) is 31.3 Å². The lowest BCUT2D eigenvalue weighted by molar-refractivity contribution is -0.142. The molecule has 0 aliphatic carbocycles. The summed E-state index contributed by atoms with van der Waals surface area (Å²) in [5.41, 5.74) is 1.09. The van der Waals surface area contributed by atoms with Gasteiger partial charge in [0.25, 0.3) is 0 Å². The van der Waals surface area contributed by atoms with E-state index in [9.17, 15) is 15.0 Å². The number of ether oxygens (including phenoxy) is 1. The fourth-order valence-corrected chi connectivity index (χ4v) is 1.51. The number of esters is 1. The van der Waals surface area contributed by atoms with Gasteiger partial charge in [-0.3, -0.25) is 4.79 Å². The molecule has 1 unspecified atom stereocenters. The Balaban J connectivity index is 2.68. The van der Waals surface area contributed by atoms with Gasteiger partial charge in [-0.25, -0.2) is 0 Å². The monoisotopic (exact) mass is 269 g/mol. The minimum absolute atomic E-state index is 0.0118. The van der Waals surface area contributed by atoms with Crippen LogP contribution in [0.15, 0.2) is 18.2 Å². The second-order valence-corrected chi connectivity index (χ2v) is 4.05. The van der Waals surface area contributed by atoms with Crippen LogP contribution in [0.5, 0.6) is 5.75 Å². The predicted molar refractivity (Wildman–Crippen MR) is 70.0 cm³/mol. The summed E-state index contributed by atoms with van der Waals surface area (Å²) in [5, 5.41) is 30.4. The van der Waals surface area contributed by atoms with Gasteiger partial charge in [-0.05, 0) is 24.6 Å². The average molecular weight is 269 g/mol. The Labute approximate surface area is 111 Å². The van der Waals surface area contributed by atoms with Gasteiger partial charge in [0.2, 0.25) is 0 Å². The lowest BCUT2D eigenvalue weighted by Crippen LogP contribution is -2.23. The van der Waals surface area contributed by atoms with Crippen molar-refractivity contribution in [2.24, 2.45) is 0 Å². The molecular formula is C13H19NO5. The summed E-state index contributed by atoms with van der Waals surface area (Å²) in [4.78, 5) is 11.3. The predicted octanol–water partition coefficient (Wildman–Crippen LogP) is 0.263. The van der Waals surface area contributed by atoms with Crippen molar-refractivity contribution >= 4 is 11.7 Å². The topological polar surface area (TPSA) is 99.0 Å². The first-order valence-electron chi connectivity index (χ1n) is 6.07. The second-order valence-electron chi connectivity index (χ2n) is 4.05. The molecule has 0 aromatic heterocycles. The number of phenols is 1. The van der Waals surface area contributed by atoms with E-state index >= 15 is 0 Å². The van der Waals surface area contributed by atoms with Gasteiger partial charge in [0, 0.05) is 6.54 Å². The molecule has 0 bridgehead atoms. The molecule has 0 saturated heterocycles. The lowest BCUT2D eigenvalue weighted by Gasteiger charge is -2.12. The quantitative estimate of drug-likeness (QED) is 0.419. The fourth-order valence-electron chi connectivity index (χ4n) is 1.51. The third kappa shape index (κ3) is 5.15. The molecule has 6 heteroatoms. The minimum Gasteiger partial charge on any atom is -0.506 e. The Hall–Kier alpha value is -1.79. The first-order valence-corrected chi connectivity index (χ1v) is 6.07. The summed E-state index contributed by atoms with van der Waals surface area (Å²) >= 11 is 0. The van der Waals surface area contributed by atoms with Crippen molar-refractivity contribution < 1.29 is 24.9 Å². The highest BCUT2D eigenvalue weighted by molar-refractivity contribution is 5.73. The molecule has 1 atom stereocenters. The number of phenolic OH excluding ortho intramolecular Hbond substituents is 1. The van der Waals surface area contributed by atoms with Crippen LogP contribution in [0.1, 0.15) is 12.5 Å². The first kappa shape index (κ1) is 15.3. The Morgan fingerprint density at radius 3 is 2.84 bits per heavy atom. The number of carbonyl (C=O) groups excluding carboxylic acids is 1. The number of aromatic hydroxyl groups is 1. The fraction of sp³-hybridized carbons (Fsp3) is 0.462. The lowest BCUT2D eigenvalue weighted by atomic mass is 10.1. The summed E-state index contributed by atoms with van der Waals surface area (Å²) < 4.78 is 4.84. The number of hydrogen-bond acceptors (Lipinski definition) is 6. The van der Waals surface area contributed by atoms with Crippen molar-refractivity contribution in [3.8, 4) is 5.75 Å². The van der Waals surface area contributed by atoms with E-state index < -0.39 is 6.10 Å². The Bertz CT molecular complexity index is 421. The zero-order chi connectivity index (χ0) is 14.3. The first-order chi connectivity index (χ1) is 9.06. The summed E-state index contributed by atoms with van der Waals surface area (Å²) in [5.74, 6) is -0.327. The summed E-state index contributed by atoms with van der Waals surface area (Å²) in [6.45, 7) is 1.80. The van der Waals surface area contributed by atoms with Crippen LogP contribution in [0.2, 0.25) is 0 Å². The van der Waals surface area contributed by atoms with Gasteiger partial charge in [0.05, 0.1) is 31.4 Å². The van der Waals surface area contributed by atoms with Gasteiger partial charge in [0.1, 0.15) is 5.75 Å². The molecular weight excluding hydrogens is 250 g/mol. The maximum Gasteiger partial charge on any atom is 0.310 e. The molecule has 0 radical (unpaired) electrons. The molecule has 1 aromatic rings. The summed E-state index contributed by atoms with van der Waals surface area (Å²) in [6, 6.07) is 4.69. The molecule has 0 aliphatic rings. The molecule has 0 amide bonds. The van der Waals surface area contributed by atoms with Crippen molar-refractivity contribution in [2.75, 3.05) is 25.1 Å². The molecule has 106 valence electrons. The summed E-state index contributed by atoms with van der Waals surface area (Å²) in [6.07, 6.45) is -0.793. The van der Waals surface area contributed by atoms with Crippen LogP contribution in [0, 0.1) is 0 Å². The van der Waals surface area contributed by atoms with E-state index in [1.165, 1.54) is 6.07 Å². The highest BCUT2D eigenvalue weighted by Crippen LogP contribution is 2.24. The standard InChI is InChI=1S/C13H19NO5/c1-2-19-13(18)6-9-3-4-12(17)11(5-9)14-7-10(16)8-15/h3-5,10,14-17H,2,6-8H2,1H3. The van der Waals surface area contributed by atoms with Gasteiger partial charge < -0.3 is 25.4 Å². The Morgan fingerprint density at radius 2 is 2.21 bits per heavy atom. The number of carbonyl (C=O) groups is 1. The molecule has 0 fully saturated rings. The second kappa shape index (κ2) is 7.60. The normalized spacial score (nSPS) is 11.9. The Kier molecular flexibility index (Phi) is 6.11. The van der Waals surface area contributed by atoms with Crippen LogP contribution in [-0.2, 0) is 16.0 Å². The number of aliphatic hydroxyl groups excluding tert-OH is 2. The molecule has 19 heavy (non-hydrogen) atoms. The van der Waals surface area contributed by atoms with Gasteiger partial charge in [-0.2, -0.15) is 0 Å². The van der Waals surface area contributed by atoms with Crippen LogP contribution in [0.3, 0.4) is 0 Å². The maximum absolute atomic E-state index is 11.3. The number of nitrogens with one attached hydrogen (secondary N) is 1. The molecule has 0 spiro atoms. The zero-order valence-corrected chi connectivity index (χ0v) is 10.8. The van der Waals surface area contributed by atoms with Gasteiger partial charge in [0.15, 0.2) is 0 Å². The minimum atomic E-state index is -0.909. The molecule has 6 nitrogen and oxygen atoms in total. The van der Waals surface area contributed by atoms with Gasteiger partial charge in [-0.1, -0.05) is 6.07 Å². The van der Waals surface area contributed by atoms with E-state index in [0.717, 1.165) is 0 Å². The SMILES string of the molecule is CCOC(=O)Cc1ccc(O)c(NCC(O)CO)c1. The van der Waals surface area contributed by atoms with E-state index in [0.29, 0.717) is 17.9 Å². The number of anilines is 1. The van der Waals surface area contributed by atoms with E-state index in [4.69, 9.17) is 9.84 Å². The maximum atomic E-state index is 11.3. The molecule has 0 aliphatic heterocycles. The number of hydrogen-bond donors (Lipinski definition) is 4. The van der Waals surface area contributed by atoms with Crippen molar-refractivity contribution in [1.29, 1.82) is 0 Å². The third-order valence-electron chi connectivity index (χ3n) is 2.45. The van der Waals surface area contributed by atoms with Crippen molar-refractivity contribution in [3.05, 3.63) is 23.8 Å². The number of benzene rings is 1. The molecule has 0 heterocycles. The Morgan fingerprint density at radius 1 is 1.47 bits per heavy atom. The van der Waals surface area contributed by atoms with Gasteiger partial charge in [-0.15, -0.1) is 0 Å². The van der Waals surface area contributed by atoms with E-state index in [1.54, 1.807) is 19.1 Å². The third-order valence-corrected chi connectivity index (χ3v) is 2.45. The van der Waals surface area contributed by atoms with Gasteiger partial charge >= 0.3 is 5.97 Å². The van der Waals surface area contributed by atoms with E-state index in [1.807, 2.05) is 0 Å². The largest absolute Gasteiger partial charge is 0.506 e. The number of aliphatic hydroxyl groups is 2. The number of rotatable bonds is 7. The highest BCUT2D eigenvalue weighted by atomic mass is 16.5. The average Bonchev–Trinajstić information content (AvgIpc) is 2.39. The summed E-state index contributed by atoms with van der Waals surface area (Å²) in [7, 11) is 0. The van der Waals surface area contributed by atoms with Crippen molar-refractivity contribution in [3.63, 3.8) is 0 Å². The highest BCUT2D eigenvalue weighted by Gasteiger charge is 2.09. The van der Waals surface area contributed by atoms with Crippen LogP contribution in [0.4, 0.5) is 5.69 Å². The van der Waals surface area contributed by atoms with Crippen LogP contribution < -0.4 is 5.32 Å².